The van der Waals surface area contributed by atoms with Crippen LogP contribution in [0.4, 0.5) is 5.13 Å². The van der Waals surface area contributed by atoms with Crippen LogP contribution in [-0.2, 0) is 0 Å². The van der Waals surface area contributed by atoms with Gasteiger partial charge in [0.2, 0.25) is 0 Å². The zero-order valence-corrected chi connectivity index (χ0v) is 15.0. The van der Waals surface area contributed by atoms with E-state index in [-0.39, 0.29) is 0 Å². The number of rotatable bonds is 3. The minimum absolute atomic E-state index is 0.426. The van der Waals surface area contributed by atoms with Gasteiger partial charge in [-0.2, -0.15) is 0 Å². The molecule has 7 heteroatoms. The molecule has 2 aliphatic rings. The van der Waals surface area contributed by atoms with Crippen molar-refractivity contribution in [2.75, 3.05) is 37.6 Å². The molecule has 3 N–H and O–H groups in total. The Morgan fingerprint density at radius 1 is 1.08 bits per heavy atom. The van der Waals surface area contributed by atoms with Gasteiger partial charge in [0.25, 0.3) is 0 Å². The van der Waals surface area contributed by atoms with E-state index in [0.717, 1.165) is 43.1 Å². The number of hydrogen-bond acceptors (Lipinski definition) is 7. The van der Waals surface area contributed by atoms with Crippen molar-refractivity contribution in [1.29, 1.82) is 0 Å². The molecule has 0 aliphatic carbocycles. The normalized spacial score (nSPS) is 31.6. The van der Waals surface area contributed by atoms with E-state index in [1.165, 1.54) is 4.70 Å². The topological polar surface area (TPSA) is 80.1 Å². The van der Waals surface area contributed by atoms with Crippen molar-refractivity contribution in [2.45, 2.75) is 31.2 Å². The van der Waals surface area contributed by atoms with Crippen molar-refractivity contribution >= 4 is 26.7 Å². The van der Waals surface area contributed by atoms with Gasteiger partial charge in [-0.05, 0) is 30.9 Å². The van der Waals surface area contributed by atoms with E-state index in [4.69, 9.17) is 4.98 Å². The lowest BCUT2D eigenvalue weighted by atomic mass is 9.95. The third-order valence-corrected chi connectivity index (χ3v) is 6.36. The smallest absolute Gasteiger partial charge is 0.186 e. The molecule has 2 fully saturated rings. The Balaban J connectivity index is 1.41. The van der Waals surface area contributed by atoms with Gasteiger partial charge in [-0.3, -0.25) is 4.90 Å². The summed E-state index contributed by atoms with van der Waals surface area (Å²) in [6, 6.07) is 8.23. The third kappa shape index (κ3) is 3.66. The fraction of sp³-hybridized carbons (Fsp3) is 0.611. The minimum atomic E-state index is -1.03. The maximum atomic E-state index is 9.89. The molecule has 25 heavy (non-hydrogen) atoms. The Kier molecular flexibility index (Phi) is 4.92. The van der Waals surface area contributed by atoms with Crippen LogP contribution in [0, 0.1) is 5.92 Å². The first-order chi connectivity index (χ1) is 12.1. The standard InChI is InChI=1S/C18H25N3O3S/c22-14-10-20(11-15(23)17(14)24)8-12-4-3-7-21(9-12)18-19-13-5-1-2-6-16(13)25-18/h1-2,5-6,12,14-15,17,22-24H,3-4,7-11H2/t12-,14-,15+,17+/m1/s1. The summed E-state index contributed by atoms with van der Waals surface area (Å²) in [6.45, 7) is 3.67. The van der Waals surface area contributed by atoms with Gasteiger partial charge in [-0.25, -0.2) is 4.98 Å². The average Bonchev–Trinajstić information content (AvgIpc) is 3.04. The summed E-state index contributed by atoms with van der Waals surface area (Å²) in [7, 11) is 0. The van der Waals surface area contributed by atoms with E-state index in [1.54, 1.807) is 11.3 Å². The SMILES string of the molecule is O[C@H]1[C@H](O)CN(C[C@H]2CCCN(c3nc4ccccc4s3)C2)C[C@@H]1O. The molecule has 0 unspecified atom stereocenters. The van der Waals surface area contributed by atoms with Crippen LogP contribution in [-0.4, -0.2) is 76.2 Å². The highest BCUT2D eigenvalue weighted by Crippen LogP contribution is 2.31. The molecule has 0 saturated carbocycles. The summed E-state index contributed by atoms with van der Waals surface area (Å²) in [6.07, 6.45) is -0.489. The Morgan fingerprint density at radius 2 is 1.84 bits per heavy atom. The number of β-amino-alcohol motifs (C(OH)–C–C–N with tert-alkyl or cyclic N) is 2. The number of nitrogens with zero attached hydrogens (tertiary/aromatic N) is 3. The maximum Gasteiger partial charge on any atom is 0.186 e. The number of aromatic nitrogens is 1. The molecule has 0 amide bonds. The van der Waals surface area contributed by atoms with E-state index in [9.17, 15) is 15.3 Å². The van der Waals surface area contributed by atoms with Gasteiger partial charge in [0, 0.05) is 32.7 Å². The zero-order chi connectivity index (χ0) is 17.4. The van der Waals surface area contributed by atoms with E-state index in [0.29, 0.717) is 19.0 Å². The van der Waals surface area contributed by atoms with Gasteiger partial charge in [0.15, 0.2) is 5.13 Å². The average molecular weight is 363 g/mol. The highest BCUT2D eigenvalue weighted by molar-refractivity contribution is 7.22. The zero-order valence-electron chi connectivity index (χ0n) is 14.2. The van der Waals surface area contributed by atoms with E-state index < -0.39 is 18.3 Å². The van der Waals surface area contributed by atoms with E-state index in [2.05, 4.69) is 21.9 Å². The number of hydrogen-bond donors (Lipinski definition) is 3. The van der Waals surface area contributed by atoms with E-state index in [1.807, 2.05) is 12.1 Å². The van der Waals surface area contributed by atoms with Crippen molar-refractivity contribution in [1.82, 2.24) is 9.88 Å². The Hall–Kier alpha value is -1.25. The van der Waals surface area contributed by atoms with Gasteiger partial charge in [0.05, 0.1) is 22.4 Å². The highest BCUT2D eigenvalue weighted by Gasteiger charge is 2.34. The fourth-order valence-corrected chi connectivity index (χ4v) is 4.97. The highest BCUT2D eigenvalue weighted by atomic mass is 32.1. The van der Waals surface area contributed by atoms with Gasteiger partial charge in [-0.1, -0.05) is 23.5 Å². The molecule has 1 aromatic carbocycles. The van der Waals surface area contributed by atoms with Gasteiger partial charge >= 0.3 is 0 Å². The predicted molar refractivity (Wildman–Crippen MR) is 99.0 cm³/mol. The van der Waals surface area contributed by atoms with Crippen molar-refractivity contribution in [3.05, 3.63) is 24.3 Å². The molecule has 2 saturated heterocycles. The molecule has 3 heterocycles. The van der Waals surface area contributed by atoms with Crippen LogP contribution in [0.15, 0.2) is 24.3 Å². The Labute approximate surface area is 151 Å². The number of thiazole rings is 1. The molecular formula is C18H25N3O3S. The lowest BCUT2D eigenvalue weighted by molar-refractivity contribution is -0.112. The second-order valence-corrected chi connectivity index (χ2v) is 8.27. The number of aliphatic hydroxyl groups is 3. The third-order valence-electron chi connectivity index (χ3n) is 5.27. The first-order valence-corrected chi connectivity index (χ1v) is 9.79. The number of likely N-dealkylation sites (tertiary alicyclic amines) is 1. The maximum absolute atomic E-state index is 9.89. The summed E-state index contributed by atoms with van der Waals surface area (Å²) in [4.78, 5) is 9.21. The second kappa shape index (κ2) is 7.17. The summed E-state index contributed by atoms with van der Waals surface area (Å²) in [5.41, 5.74) is 1.06. The summed E-state index contributed by atoms with van der Waals surface area (Å²) in [5, 5.41) is 30.5. The molecule has 0 spiro atoms. The minimum Gasteiger partial charge on any atom is -0.389 e. The Bertz CT molecular complexity index is 679. The molecule has 4 rings (SSSR count). The molecule has 6 nitrogen and oxygen atoms in total. The first kappa shape index (κ1) is 17.2. The van der Waals surface area contributed by atoms with Crippen molar-refractivity contribution in [2.24, 2.45) is 5.92 Å². The summed E-state index contributed by atoms with van der Waals surface area (Å²) < 4.78 is 1.22. The largest absolute Gasteiger partial charge is 0.389 e. The molecule has 2 aromatic rings. The molecular weight excluding hydrogens is 338 g/mol. The molecule has 136 valence electrons. The molecule has 4 atom stereocenters. The van der Waals surface area contributed by atoms with Crippen LogP contribution < -0.4 is 4.90 Å². The van der Waals surface area contributed by atoms with Crippen molar-refractivity contribution in [3.8, 4) is 0 Å². The fourth-order valence-electron chi connectivity index (χ4n) is 3.97. The number of fused-ring (bicyclic) bond motifs is 1. The lowest BCUT2D eigenvalue weighted by Gasteiger charge is -2.40. The number of piperidine rings is 2. The van der Waals surface area contributed by atoms with Crippen LogP contribution in [0.2, 0.25) is 0 Å². The van der Waals surface area contributed by atoms with Crippen LogP contribution in [0.5, 0.6) is 0 Å². The number of aliphatic hydroxyl groups excluding tert-OH is 3. The van der Waals surface area contributed by atoms with Gasteiger partial charge in [0.1, 0.15) is 6.10 Å². The van der Waals surface area contributed by atoms with Crippen LogP contribution in [0.1, 0.15) is 12.8 Å². The Morgan fingerprint density at radius 3 is 2.60 bits per heavy atom. The monoisotopic (exact) mass is 363 g/mol. The molecule has 1 aromatic heterocycles. The van der Waals surface area contributed by atoms with Crippen LogP contribution in [0.3, 0.4) is 0 Å². The predicted octanol–water partition coefficient (Wildman–Crippen LogP) is 0.911. The molecule has 0 radical (unpaired) electrons. The summed E-state index contributed by atoms with van der Waals surface area (Å²) >= 11 is 1.74. The lowest BCUT2D eigenvalue weighted by Crippen LogP contribution is -2.56. The molecule has 2 aliphatic heterocycles. The number of anilines is 1. The number of benzene rings is 1. The van der Waals surface area contributed by atoms with Crippen molar-refractivity contribution in [3.63, 3.8) is 0 Å². The molecule has 0 bridgehead atoms. The van der Waals surface area contributed by atoms with Crippen molar-refractivity contribution < 1.29 is 15.3 Å². The second-order valence-electron chi connectivity index (χ2n) is 7.26. The van der Waals surface area contributed by atoms with E-state index >= 15 is 0 Å². The van der Waals surface area contributed by atoms with Gasteiger partial charge in [-0.15, -0.1) is 0 Å². The quantitative estimate of drug-likeness (QED) is 0.752. The summed E-state index contributed by atoms with van der Waals surface area (Å²) in [5.74, 6) is 0.482. The van der Waals surface area contributed by atoms with Crippen LogP contribution in [0.25, 0.3) is 10.2 Å². The van der Waals surface area contributed by atoms with Gasteiger partial charge < -0.3 is 20.2 Å². The first-order valence-electron chi connectivity index (χ1n) is 8.97. The number of para-hydroxylation sites is 1. The van der Waals surface area contributed by atoms with Crippen LogP contribution >= 0.6 is 11.3 Å².